The molecule has 1 aliphatic rings. The number of carbonyl (C=O) groups excluding carboxylic acids is 1. The lowest BCUT2D eigenvalue weighted by atomic mass is 10.2. The summed E-state index contributed by atoms with van der Waals surface area (Å²) in [6.45, 7) is 5.82. The molecule has 1 aliphatic heterocycles. The summed E-state index contributed by atoms with van der Waals surface area (Å²) in [5.41, 5.74) is 5.53. The molecule has 3 N–H and O–H groups in total. The summed E-state index contributed by atoms with van der Waals surface area (Å²) in [5.74, 6) is 1.19. The number of amides is 1. The summed E-state index contributed by atoms with van der Waals surface area (Å²) in [5, 5.41) is 10.9. The van der Waals surface area contributed by atoms with E-state index in [0.717, 1.165) is 18.7 Å². The number of rotatable bonds is 6. The van der Waals surface area contributed by atoms with Gasteiger partial charge in [-0.3, -0.25) is 4.79 Å². The molecule has 0 aromatic carbocycles. The molecule has 1 saturated heterocycles. The van der Waals surface area contributed by atoms with E-state index in [9.17, 15) is 4.79 Å². The van der Waals surface area contributed by atoms with Crippen LogP contribution in [-0.2, 0) is 16.1 Å². The van der Waals surface area contributed by atoms with Crippen LogP contribution in [0, 0.1) is 0 Å². The zero-order valence-corrected chi connectivity index (χ0v) is 12.1. The van der Waals surface area contributed by atoms with E-state index in [1.54, 1.807) is 6.33 Å². The Hall–Kier alpha value is -1.47. The Morgan fingerprint density at radius 2 is 2.40 bits per heavy atom. The average Bonchev–Trinajstić information content (AvgIpc) is 3.07. The largest absolute Gasteiger partial charge is 0.364 e. The molecule has 7 heteroatoms. The number of carbonyl (C=O) groups is 1. The van der Waals surface area contributed by atoms with Crippen molar-refractivity contribution in [1.82, 2.24) is 20.1 Å². The normalized spacial score (nSPS) is 22.4. The molecule has 1 fully saturated rings. The molecule has 20 heavy (non-hydrogen) atoms. The van der Waals surface area contributed by atoms with E-state index in [1.807, 2.05) is 4.57 Å². The van der Waals surface area contributed by atoms with Crippen molar-refractivity contribution in [3.8, 4) is 0 Å². The predicted molar refractivity (Wildman–Crippen MR) is 74.1 cm³/mol. The summed E-state index contributed by atoms with van der Waals surface area (Å²) >= 11 is 0. The van der Waals surface area contributed by atoms with Gasteiger partial charge in [-0.05, 0) is 12.8 Å². The van der Waals surface area contributed by atoms with Gasteiger partial charge < -0.3 is 20.4 Å². The van der Waals surface area contributed by atoms with Gasteiger partial charge in [0.1, 0.15) is 18.3 Å². The number of nitrogens with zero attached hydrogens (tertiary/aromatic N) is 3. The van der Waals surface area contributed by atoms with Crippen molar-refractivity contribution < 1.29 is 9.53 Å². The van der Waals surface area contributed by atoms with E-state index in [1.165, 1.54) is 0 Å². The lowest BCUT2D eigenvalue weighted by molar-refractivity contribution is -0.131. The smallest absolute Gasteiger partial charge is 0.249 e. The maximum absolute atomic E-state index is 11.9. The maximum atomic E-state index is 11.9. The van der Waals surface area contributed by atoms with E-state index in [2.05, 4.69) is 29.4 Å². The monoisotopic (exact) mass is 281 g/mol. The van der Waals surface area contributed by atoms with E-state index in [4.69, 9.17) is 10.5 Å². The second-order valence-electron chi connectivity index (χ2n) is 5.39. The Balaban J connectivity index is 1.76. The van der Waals surface area contributed by atoms with Crippen molar-refractivity contribution in [2.24, 2.45) is 5.73 Å². The maximum Gasteiger partial charge on any atom is 0.249 e. The molecule has 2 atom stereocenters. The van der Waals surface area contributed by atoms with E-state index >= 15 is 0 Å². The van der Waals surface area contributed by atoms with Crippen LogP contribution in [0.2, 0.25) is 0 Å². The average molecular weight is 281 g/mol. The van der Waals surface area contributed by atoms with Crippen molar-refractivity contribution in [3.05, 3.63) is 12.2 Å². The van der Waals surface area contributed by atoms with E-state index < -0.39 is 0 Å². The van der Waals surface area contributed by atoms with Crippen LogP contribution in [0.25, 0.3) is 0 Å². The third-order valence-corrected chi connectivity index (χ3v) is 3.48. The highest BCUT2D eigenvalue weighted by molar-refractivity contribution is 5.80. The number of nitrogens with one attached hydrogen (secondary N) is 1. The quantitative estimate of drug-likeness (QED) is 0.766. The second kappa shape index (κ2) is 6.81. The van der Waals surface area contributed by atoms with Crippen LogP contribution in [0.4, 0.5) is 0 Å². The SMILES string of the molecule is CC(C)c1nncn1CCNC(=O)[C@@H]1CC[C@H](CN)O1. The summed E-state index contributed by atoms with van der Waals surface area (Å²) in [6, 6.07) is 0. The molecule has 0 saturated carbocycles. The van der Waals surface area contributed by atoms with Gasteiger partial charge in [0.2, 0.25) is 5.91 Å². The second-order valence-corrected chi connectivity index (χ2v) is 5.39. The summed E-state index contributed by atoms with van der Waals surface area (Å²) in [7, 11) is 0. The van der Waals surface area contributed by atoms with E-state index in [0.29, 0.717) is 25.6 Å². The first-order chi connectivity index (χ1) is 9.61. The van der Waals surface area contributed by atoms with Crippen LogP contribution < -0.4 is 11.1 Å². The molecule has 2 rings (SSSR count). The molecular formula is C13H23N5O2. The van der Waals surface area contributed by atoms with Gasteiger partial charge in [0, 0.05) is 25.6 Å². The highest BCUT2D eigenvalue weighted by atomic mass is 16.5. The molecule has 1 amide bonds. The molecule has 7 nitrogen and oxygen atoms in total. The zero-order valence-electron chi connectivity index (χ0n) is 12.1. The lowest BCUT2D eigenvalue weighted by Gasteiger charge is -2.13. The topological polar surface area (TPSA) is 95.1 Å². The lowest BCUT2D eigenvalue weighted by Crippen LogP contribution is -2.37. The predicted octanol–water partition coefficient (Wildman–Crippen LogP) is 0.0240. The van der Waals surface area contributed by atoms with Crippen LogP contribution in [0.5, 0.6) is 0 Å². The number of hydrogen-bond acceptors (Lipinski definition) is 5. The van der Waals surface area contributed by atoms with Crippen molar-refractivity contribution in [2.45, 2.75) is 51.4 Å². The van der Waals surface area contributed by atoms with Gasteiger partial charge in [-0.2, -0.15) is 0 Å². The van der Waals surface area contributed by atoms with Crippen molar-refractivity contribution in [3.63, 3.8) is 0 Å². The third kappa shape index (κ3) is 3.55. The Labute approximate surface area is 118 Å². The van der Waals surface area contributed by atoms with E-state index in [-0.39, 0.29) is 18.1 Å². The van der Waals surface area contributed by atoms with Crippen LogP contribution in [0.1, 0.15) is 38.4 Å². The molecule has 0 aliphatic carbocycles. The molecule has 1 aromatic heterocycles. The van der Waals surface area contributed by atoms with Crippen LogP contribution in [0.3, 0.4) is 0 Å². The molecule has 0 radical (unpaired) electrons. The number of aromatic nitrogens is 3. The van der Waals surface area contributed by atoms with Gasteiger partial charge >= 0.3 is 0 Å². The zero-order chi connectivity index (χ0) is 14.5. The molecule has 0 unspecified atom stereocenters. The molecule has 0 spiro atoms. The van der Waals surface area contributed by atoms with Crippen LogP contribution in [-0.4, -0.2) is 46.0 Å². The minimum atomic E-state index is -0.353. The Kier molecular flexibility index (Phi) is 5.08. The Morgan fingerprint density at radius 3 is 3.05 bits per heavy atom. The third-order valence-electron chi connectivity index (χ3n) is 3.48. The number of ether oxygens (including phenoxy) is 1. The molecule has 2 heterocycles. The van der Waals surface area contributed by atoms with Gasteiger partial charge in [-0.1, -0.05) is 13.8 Å². The van der Waals surface area contributed by atoms with Gasteiger partial charge in [-0.15, -0.1) is 10.2 Å². The number of hydrogen-bond donors (Lipinski definition) is 2. The van der Waals surface area contributed by atoms with Crippen molar-refractivity contribution >= 4 is 5.91 Å². The molecule has 112 valence electrons. The summed E-state index contributed by atoms with van der Waals surface area (Å²) < 4.78 is 7.51. The first-order valence-electron chi connectivity index (χ1n) is 7.12. The standard InChI is InChI=1S/C13H23N5O2/c1-9(2)12-17-16-8-18(12)6-5-15-13(19)11-4-3-10(7-14)20-11/h8-11H,3-7,14H2,1-2H3,(H,15,19)/t10-,11+/m1/s1. The highest BCUT2D eigenvalue weighted by Gasteiger charge is 2.29. The highest BCUT2D eigenvalue weighted by Crippen LogP contribution is 2.18. The van der Waals surface area contributed by atoms with Gasteiger partial charge in [0.05, 0.1) is 6.10 Å². The van der Waals surface area contributed by atoms with Gasteiger partial charge in [0.15, 0.2) is 0 Å². The Bertz CT molecular complexity index is 446. The van der Waals surface area contributed by atoms with Crippen LogP contribution >= 0.6 is 0 Å². The summed E-state index contributed by atoms with van der Waals surface area (Å²) in [4.78, 5) is 11.9. The molecule has 1 aromatic rings. The van der Waals surface area contributed by atoms with Gasteiger partial charge in [-0.25, -0.2) is 0 Å². The fourth-order valence-corrected chi connectivity index (χ4v) is 2.37. The first-order valence-corrected chi connectivity index (χ1v) is 7.12. The fourth-order valence-electron chi connectivity index (χ4n) is 2.37. The van der Waals surface area contributed by atoms with Crippen molar-refractivity contribution in [1.29, 1.82) is 0 Å². The summed E-state index contributed by atoms with van der Waals surface area (Å²) in [6.07, 6.45) is 2.97. The van der Waals surface area contributed by atoms with Crippen LogP contribution in [0.15, 0.2) is 6.33 Å². The first kappa shape index (κ1) is 14.9. The minimum Gasteiger partial charge on any atom is -0.364 e. The molecule has 0 bridgehead atoms. The number of nitrogens with two attached hydrogens (primary N) is 1. The fraction of sp³-hybridized carbons (Fsp3) is 0.769. The molecular weight excluding hydrogens is 258 g/mol. The minimum absolute atomic E-state index is 0.0242. The Morgan fingerprint density at radius 1 is 1.60 bits per heavy atom. The van der Waals surface area contributed by atoms with Crippen molar-refractivity contribution in [2.75, 3.05) is 13.1 Å². The van der Waals surface area contributed by atoms with Gasteiger partial charge in [0.25, 0.3) is 0 Å².